The minimum absolute atomic E-state index is 0.254. The highest BCUT2D eigenvalue weighted by molar-refractivity contribution is 8.00. The maximum Gasteiger partial charge on any atom is 0.0359 e. The minimum Gasteiger partial charge on any atom is -0.329 e. The summed E-state index contributed by atoms with van der Waals surface area (Å²) in [4.78, 5) is 5.17. The van der Waals surface area contributed by atoms with Gasteiger partial charge in [0.2, 0.25) is 0 Å². The summed E-state index contributed by atoms with van der Waals surface area (Å²) in [6.07, 6.45) is 2.45. The van der Waals surface area contributed by atoms with Crippen LogP contribution in [0.25, 0.3) is 0 Å². The van der Waals surface area contributed by atoms with Crippen LogP contribution in [0.1, 0.15) is 33.6 Å². The molecular formula is C14H29N3S. The van der Waals surface area contributed by atoms with E-state index in [1.165, 1.54) is 38.2 Å². The molecule has 2 N–H and O–H groups in total. The molecule has 0 aromatic heterocycles. The van der Waals surface area contributed by atoms with Gasteiger partial charge in [0.05, 0.1) is 0 Å². The van der Waals surface area contributed by atoms with Crippen LogP contribution in [0.15, 0.2) is 0 Å². The molecular weight excluding hydrogens is 242 g/mol. The van der Waals surface area contributed by atoms with Crippen LogP contribution in [0.2, 0.25) is 0 Å². The van der Waals surface area contributed by atoms with E-state index in [9.17, 15) is 0 Å². The third kappa shape index (κ3) is 2.87. The fourth-order valence-electron chi connectivity index (χ4n) is 3.44. The van der Waals surface area contributed by atoms with Gasteiger partial charge in [0, 0.05) is 41.7 Å². The molecule has 2 heterocycles. The normalized spacial score (nSPS) is 38.8. The first-order valence-electron chi connectivity index (χ1n) is 7.18. The van der Waals surface area contributed by atoms with Crippen LogP contribution < -0.4 is 5.73 Å². The first-order chi connectivity index (χ1) is 8.38. The van der Waals surface area contributed by atoms with Crippen LogP contribution >= 0.6 is 11.8 Å². The van der Waals surface area contributed by atoms with Crippen molar-refractivity contribution in [1.29, 1.82) is 0 Å². The molecule has 0 aliphatic carbocycles. The fraction of sp³-hybridized carbons (Fsp3) is 1.00. The Morgan fingerprint density at radius 1 is 1.33 bits per heavy atom. The average molecular weight is 271 g/mol. The summed E-state index contributed by atoms with van der Waals surface area (Å²) in [5.74, 6) is 1.25. The highest BCUT2D eigenvalue weighted by atomic mass is 32.2. The smallest absolute Gasteiger partial charge is 0.0359 e. The molecule has 2 rings (SSSR count). The Bertz CT molecular complexity index is 295. The zero-order chi connectivity index (χ0) is 13.4. The molecule has 0 aromatic carbocycles. The standard InChI is InChI=1S/C14H29N3S/c1-12-9-14(10-15,5-6-16(12)4)17-7-8-18-13(2,3)11-17/h12H,5-11,15H2,1-4H3. The number of nitrogens with zero attached hydrogens (tertiary/aromatic N) is 2. The van der Waals surface area contributed by atoms with Gasteiger partial charge >= 0.3 is 0 Å². The van der Waals surface area contributed by atoms with Crippen molar-refractivity contribution < 1.29 is 0 Å². The number of likely N-dealkylation sites (tertiary alicyclic amines) is 1. The minimum atomic E-state index is 0.254. The van der Waals surface area contributed by atoms with E-state index in [0.717, 1.165) is 6.54 Å². The van der Waals surface area contributed by atoms with E-state index in [1.807, 2.05) is 0 Å². The molecule has 2 fully saturated rings. The Labute approximate surface area is 116 Å². The monoisotopic (exact) mass is 271 g/mol. The van der Waals surface area contributed by atoms with E-state index in [-0.39, 0.29) is 5.54 Å². The number of rotatable bonds is 2. The molecule has 0 bridgehead atoms. The van der Waals surface area contributed by atoms with Crippen molar-refractivity contribution in [2.75, 3.05) is 39.0 Å². The number of hydrogen-bond acceptors (Lipinski definition) is 4. The molecule has 2 aliphatic rings. The topological polar surface area (TPSA) is 32.5 Å². The number of nitrogens with two attached hydrogens (primary N) is 1. The van der Waals surface area contributed by atoms with Gasteiger partial charge < -0.3 is 10.6 Å². The Balaban J connectivity index is 2.12. The van der Waals surface area contributed by atoms with Gasteiger partial charge in [-0.2, -0.15) is 11.8 Å². The van der Waals surface area contributed by atoms with Gasteiger partial charge in [-0.05, 0) is 47.2 Å². The zero-order valence-corrected chi connectivity index (χ0v) is 13.2. The molecule has 4 heteroatoms. The maximum absolute atomic E-state index is 6.20. The van der Waals surface area contributed by atoms with Crippen molar-refractivity contribution in [2.45, 2.75) is 49.9 Å². The molecule has 106 valence electrons. The third-order valence-electron chi connectivity index (χ3n) is 4.83. The van der Waals surface area contributed by atoms with Crippen LogP contribution in [0.4, 0.5) is 0 Å². The van der Waals surface area contributed by atoms with E-state index >= 15 is 0 Å². The van der Waals surface area contributed by atoms with E-state index in [0.29, 0.717) is 10.8 Å². The van der Waals surface area contributed by atoms with E-state index in [4.69, 9.17) is 5.73 Å². The molecule has 2 saturated heterocycles. The van der Waals surface area contributed by atoms with Gasteiger partial charge in [-0.25, -0.2) is 0 Å². The molecule has 2 aliphatic heterocycles. The highest BCUT2D eigenvalue weighted by Crippen LogP contribution is 2.38. The Morgan fingerprint density at radius 2 is 2.06 bits per heavy atom. The summed E-state index contributed by atoms with van der Waals surface area (Å²) < 4.78 is 0.382. The fourth-order valence-corrected chi connectivity index (χ4v) is 4.55. The van der Waals surface area contributed by atoms with Crippen molar-refractivity contribution in [3.63, 3.8) is 0 Å². The quantitative estimate of drug-likeness (QED) is 0.827. The molecule has 3 nitrogen and oxygen atoms in total. The zero-order valence-electron chi connectivity index (χ0n) is 12.4. The van der Waals surface area contributed by atoms with Crippen LogP contribution in [0, 0.1) is 0 Å². The van der Waals surface area contributed by atoms with Gasteiger partial charge in [0.1, 0.15) is 0 Å². The van der Waals surface area contributed by atoms with Crippen molar-refractivity contribution in [1.82, 2.24) is 9.80 Å². The summed E-state index contributed by atoms with van der Waals surface area (Å²) >= 11 is 2.11. The summed E-state index contributed by atoms with van der Waals surface area (Å²) in [6.45, 7) is 11.5. The molecule has 0 amide bonds. The Hall–Kier alpha value is 0.230. The van der Waals surface area contributed by atoms with Crippen molar-refractivity contribution >= 4 is 11.8 Å². The van der Waals surface area contributed by atoms with Crippen LogP contribution in [0.5, 0.6) is 0 Å². The Morgan fingerprint density at radius 3 is 2.61 bits per heavy atom. The SMILES string of the molecule is CC1CC(CN)(N2CCSC(C)(C)C2)CCN1C. The van der Waals surface area contributed by atoms with Gasteiger partial charge in [-0.15, -0.1) is 0 Å². The molecule has 0 spiro atoms. The average Bonchev–Trinajstić information content (AvgIpc) is 2.32. The predicted molar refractivity (Wildman–Crippen MR) is 81.2 cm³/mol. The van der Waals surface area contributed by atoms with Gasteiger partial charge in [-0.3, -0.25) is 4.90 Å². The molecule has 2 atom stereocenters. The lowest BCUT2D eigenvalue weighted by atomic mass is 9.81. The number of thioether (sulfide) groups is 1. The number of piperidine rings is 1. The second-order valence-electron chi connectivity index (χ2n) is 6.74. The lowest BCUT2D eigenvalue weighted by molar-refractivity contribution is 0.00779. The first kappa shape index (κ1) is 14.6. The van der Waals surface area contributed by atoms with Gasteiger partial charge in [-0.1, -0.05) is 0 Å². The van der Waals surface area contributed by atoms with Crippen molar-refractivity contribution in [2.24, 2.45) is 5.73 Å². The van der Waals surface area contributed by atoms with Crippen molar-refractivity contribution in [3.05, 3.63) is 0 Å². The molecule has 2 unspecified atom stereocenters. The lowest BCUT2D eigenvalue weighted by Crippen LogP contribution is -2.64. The van der Waals surface area contributed by atoms with E-state index in [2.05, 4.69) is 49.4 Å². The summed E-state index contributed by atoms with van der Waals surface area (Å²) in [7, 11) is 2.24. The van der Waals surface area contributed by atoms with Crippen LogP contribution in [0.3, 0.4) is 0 Å². The lowest BCUT2D eigenvalue weighted by Gasteiger charge is -2.53. The Kier molecular flexibility index (Phi) is 4.32. The molecule has 0 saturated carbocycles. The summed E-state index contributed by atoms with van der Waals surface area (Å²) in [5.41, 5.74) is 6.45. The molecule has 0 aromatic rings. The first-order valence-corrected chi connectivity index (χ1v) is 8.16. The van der Waals surface area contributed by atoms with Crippen LogP contribution in [-0.4, -0.2) is 65.1 Å². The largest absolute Gasteiger partial charge is 0.329 e. The highest BCUT2D eigenvalue weighted by Gasteiger charge is 2.43. The number of hydrogen-bond donors (Lipinski definition) is 1. The summed E-state index contributed by atoms with van der Waals surface area (Å²) in [5, 5.41) is 0. The third-order valence-corrected chi connectivity index (χ3v) is 6.13. The summed E-state index contributed by atoms with van der Waals surface area (Å²) in [6, 6.07) is 0.653. The second-order valence-corrected chi connectivity index (χ2v) is 8.54. The van der Waals surface area contributed by atoms with Crippen molar-refractivity contribution in [3.8, 4) is 0 Å². The van der Waals surface area contributed by atoms with Gasteiger partial charge in [0.15, 0.2) is 0 Å². The molecule has 0 radical (unpaired) electrons. The predicted octanol–water partition coefficient (Wildman–Crippen LogP) is 1.63. The van der Waals surface area contributed by atoms with E-state index < -0.39 is 0 Å². The maximum atomic E-state index is 6.20. The van der Waals surface area contributed by atoms with Crippen LogP contribution in [-0.2, 0) is 0 Å². The van der Waals surface area contributed by atoms with Gasteiger partial charge in [0.25, 0.3) is 0 Å². The second kappa shape index (κ2) is 5.31. The van der Waals surface area contributed by atoms with E-state index in [1.54, 1.807) is 0 Å². The molecule has 18 heavy (non-hydrogen) atoms.